The maximum Gasteiger partial charge on any atom is 0.417 e. The van der Waals surface area contributed by atoms with Gasteiger partial charge in [-0.1, -0.05) is 102 Å². The number of halogens is 7. The van der Waals surface area contributed by atoms with Crippen LogP contribution in [0.5, 0.6) is 0 Å². The fraction of sp³-hybridized carbons (Fsp3) is 0.653. The first-order valence-electron chi connectivity index (χ1n) is 36.8. The summed E-state index contributed by atoms with van der Waals surface area (Å²) in [5.41, 5.74) is -3.44. The lowest BCUT2D eigenvalue weighted by atomic mass is 9.90. The average Bonchev–Trinajstić information content (AvgIpc) is 1.51. The van der Waals surface area contributed by atoms with Crippen LogP contribution in [0.25, 0.3) is 0 Å². The number of nitrogens with zero attached hydrogens (tertiary/aromatic N) is 9. The fourth-order valence-electron chi connectivity index (χ4n) is 15.1. The summed E-state index contributed by atoms with van der Waals surface area (Å²) in [6.07, 6.45) is -3.61. The van der Waals surface area contributed by atoms with Crippen molar-refractivity contribution >= 4 is 82.5 Å². The monoisotopic (exact) mass is 1530 g/mol. The van der Waals surface area contributed by atoms with Gasteiger partial charge in [-0.25, -0.2) is 0 Å². The molecule has 2 aromatic rings. The smallest absolute Gasteiger partial charge is 0.375 e. The molecule has 4 fully saturated rings. The number of likely N-dealkylation sites (N-methyl/N-ethyl adjacent to an activating group) is 7. The number of alkyl halides is 6. The predicted octanol–water partition coefficient (Wildman–Crippen LogP) is 6.12. The van der Waals surface area contributed by atoms with Crippen molar-refractivity contribution in [2.45, 2.75) is 203 Å². The fourth-order valence-corrected chi connectivity index (χ4v) is 15.4. The number of ether oxygens (including phenoxy) is 1. The number of amides is 12. The van der Waals surface area contributed by atoms with E-state index >= 15 is 28.8 Å². The van der Waals surface area contributed by atoms with Crippen molar-refractivity contribution in [2.24, 2.45) is 17.8 Å². The van der Waals surface area contributed by atoms with Crippen molar-refractivity contribution < 1.29 is 88.6 Å². The van der Waals surface area contributed by atoms with Gasteiger partial charge in [-0.3, -0.25) is 57.5 Å². The molecule has 9 atom stereocenters. The summed E-state index contributed by atoms with van der Waals surface area (Å²) in [6.45, 7) is 4.72. The van der Waals surface area contributed by atoms with Crippen molar-refractivity contribution in [2.75, 3.05) is 95.8 Å². The second-order valence-electron chi connectivity index (χ2n) is 29.9. The molecule has 2 aliphatic carbocycles. The molecule has 32 heteroatoms. The number of carbonyl (C=O) groups is 12. The minimum absolute atomic E-state index is 0.0378. The first-order chi connectivity index (χ1) is 50.2. The Bertz CT molecular complexity index is 3590. The minimum Gasteiger partial charge on any atom is -0.375 e. The van der Waals surface area contributed by atoms with Crippen molar-refractivity contribution in [1.82, 2.24) is 60.0 Å². The van der Waals surface area contributed by atoms with Gasteiger partial charge in [0.2, 0.25) is 70.9 Å². The summed E-state index contributed by atoms with van der Waals surface area (Å²) in [6, 6.07) is -4.57. The van der Waals surface area contributed by atoms with E-state index in [2.05, 4.69) is 16.0 Å². The number of aryl methyl sites for hydroxylation is 1. The van der Waals surface area contributed by atoms with E-state index in [9.17, 15) is 55.1 Å². The Hall–Kier alpha value is -8.35. The van der Waals surface area contributed by atoms with Crippen LogP contribution in [-0.4, -0.2) is 265 Å². The maximum absolute atomic E-state index is 15.6. The quantitative estimate of drug-likeness (QED) is 0.169. The molecule has 2 aromatic carbocycles. The highest BCUT2D eigenvalue weighted by molar-refractivity contribution is 6.31. The Morgan fingerprint density at radius 1 is 0.654 bits per heavy atom. The third kappa shape index (κ3) is 21.3. The van der Waals surface area contributed by atoms with Gasteiger partial charge in [0.15, 0.2) is 0 Å². The van der Waals surface area contributed by atoms with Crippen LogP contribution in [0.1, 0.15) is 146 Å². The molecule has 0 aromatic heterocycles. The van der Waals surface area contributed by atoms with E-state index in [1.54, 1.807) is 26.0 Å². The lowest BCUT2D eigenvalue weighted by Crippen LogP contribution is -2.65. The highest BCUT2D eigenvalue weighted by Gasteiger charge is 2.52. The number of nitrogens with one attached hydrogen (secondary N) is 3. The number of hydrogen-bond donors (Lipinski definition) is 3. The standard InChI is InChI=1S/C75H105ClF6N12O13/c1-13-46(4)62-70(104)88(8)43-61(97)90(10)58-44-107-37-20-14-19-35-94(69(58)103)57(40-48-25-29-50(30-26-48)74(77,78)79)68(102)87(7)42-59(95)83-53(32-28-47-27-31-51(52(76)39-47)75(80,81)82)66(100)93-36-21-24-54(93)65(99)85-73(33-17-18-34-73)72(106)92(12)63(49-22-15-16-23-49)71(105)91(11)56(67(101)86(5)6)41-60(96)89(9)55(38-45(2)3)64(98)84-62/h14,20,25-27,29-31,39,45-46,49,53-58,62-63H,13,15-19,21-24,28,32-38,40-44H2,1-12H3,(H,83,95)(H,84,98)(H,85,99)/b20-14-/t46-,53+,54-,55+,56-,57-,58+,62-,63-/m0/s1. The van der Waals surface area contributed by atoms with Gasteiger partial charge in [0.1, 0.15) is 53.9 Å². The van der Waals surface area contributed by atoms with Crippen LogP contribution in [0.3, 0.4) is 0 Å². The van der Waals surface area contributed by atoms with Gasteiger partial charge >= 0.3 is 12.4 Å². The van der Waals surface area contributed by atoms with Gasteiger partial charge in [-0.15, -0.1) is 0 Å². The van der Waals surface area contributed by atoms with Gasteiger partial charge < -0.3 is 64.8 Å². The molecule has 5 aliphatic rings. The van der Waals surface area contributed by atoms with Crippen LogP contribution < -0.4 is 16.0 Å². The van der Waals surface area contributed by atoms with Gasteiger partial charge in [0.05, 0.1) is 48.9 Å². The number of rotatable bonds is 11. The zero-order valence-electron chi connectivity index (χ0n) is 63.3. The topological polar surface area (TPSA) is 279 Å². The van der Waals surface area contributed by atoms with Gasteiger partial charge in [0.25, 0.3) is 0 Å². The van der Waals surface area contributed by atoms with Crippen LogP contribution >= 0.6 is 11.6 Å². The third-order valence-electron chi connectivity index (χ3n) is 21.6. The Kier molecular flexibility index (Phi) is 29.8. The van der Waals surface area contributed by atoms with E-state index in [0.29, 0.717) is 44.9 Å². The predicted molar refractivity (Wildman–Crippen MR) is 384 cm³/mol. The van der Waals surface area contributed by atoms with Crippen molar-refractivity contribution in [1.29, 1.82) is 0 Å². The zero-order valence-corrected chi connectivity index (χ0v) is 64.0. The molecule has 7 rings (SSSR count). The lowest BCUT2D eigenvalue weighted by molar-refractivity contribution is -0.156. The molecule has 2 saturated heterocycles. The van der Waals surface area contributed by atoms with E-state index in [-0.39, 0.29) is 88.1 Å². The molecule has 3 N–H and O–H groups in total. The Balaban J connectivity index is 1.34. The molecular formula is C75H105ClF6N12O13. The molecule has 0 radical (unpaired) electrons. The molecule has 3 aliphatic heterocycles. The Morgan fingerprint density at radius 3 is 1.89 bits per heavy atom. The normalized spacial score (nSPS) is 25.9. The summed E-state index contributed by atoms with van der Waals surface area (Å²) in [4.78, 5) is 191. The first-order valence-corrected chi connectivity index (χ1v) is 37.1. The molecule has 2 saturated carbocycles. The second-order valence-corrected chi connectivity index (χ2v) is 30.3. The van der Waals surface area contributed by atoms with Crippen LogP contribution in [0.15, 0.2) is 54.6 Å². The lowest BCUT2D eigenvalue weighted by Gasteiger charge is -2.42. The molecule has 25 nitrogen and oxygen atoms in total. The van der Waals surface area contributed by atoms with Crippen molar-refractivity contribution in [3.05, 3.63) is 81.9 Å². The SMILES string of the molecule is CC[C@H](C)[C@@H]1NC(=O)[C@@H](CC(C)C)N(C)C(=O)C[C@@H](C(=O)N(C)C)N(C)C(=O)[C@H](C2CCCC2)N(C)C(=O)C2(CCCC2)NC(=O)[C@@H]2CCCN2C(=O)[C@@H](CCc2ccc(C(F)(F)F)c(Cl)c2)NC(=O)CN(C)C(=O)[C@H](Cc2ccc(C(F)(F)F)cc2)N2CC/C=C\COC[C@H](C2=O)N(C)C(=O)CN(C)C1=O. The molecule has 3 heterocycles. The summed E-state index contributed by atoms with van der Waals surface area (Å²) in [7, 11) is 10.9. The maximum atomic E-state index is 15.6. The number of hydrogen-bond acceptors (Lipinski definition) is 13. The third-order valence-corrected chi connectivity index (χ3v) is 22.0. The summed E-state index contributed by atoms with van der Waals surface area (Å²) in [5.74, 6) is -10.7. The first kappa shape index (κ1) is 85.9. The second kappa shape index (κ2) is 37.2. The van der Waals surface area contributed by atoms with Crippen molar-refractivity contribution in [3.8, 4) is 0 Å². The molecule has 12 amide bonds. The largest absolute Gasteiger partial charge is 0.417 e. The molecule has 1 spiro atoms. The Labute approximate surface area is 627 Å². The van der Waals surface area contributed by atoms with Crippen LogP contribution in [-0.2, 0) is 87.5 Å². The molecule has 0 unspecified atom stereocenters. The number of benzene rings is 2. The molecular weight excluding hydrogens is 1430 g/mol. The van der Waals surface area contributed by atoms with E-state index in [1.165, 1.54) is 76.0 Å². The zero-order chi connectivity index (χ0) is 79.3. The minimum atomic E-state index is -4.82. The Morgan fingerprint density at radius 2 is 1.29 bits per heavy atom. The van der Waals surface area contributed by atoms with Crippen LogP contribution in [0.2, 0.25) is 5.02 Å². The summed E-state index contributed by atoms with van der Waals surface area (Å²) < 4.78 is 89.8. The van der Waals surface area contributed by atoms with E-state index in [0.717, 1.165) is 67.0 Å². The van der Waals surface area contributed by atoms with Gasteiger partial charge in [0, 0.05) is 75.9 Å². The summed E-state index contributed by atoms with van der Waals surface area (Å²) >= 11 is 6.16. The molecule has 107 heavy (non-hydrogen) atoms. The highest BCUT2D eigenvalue weighted by atomic mass is 35.5. The number of carbonyl (C=O) groups excluding carboxylic acids is 12. The molecule has 2 bridgehead atoms. The summed E-state index contributed by atoms with van der Waals surface area (Å²) in [5, 5.41) is 7.89. The van der Waals surface area contributed by atoms with Gasteiger partial charge in [-0.2, -0.15) is 26.3 Å². The molecule has 592 valence electrons. The highest BCUT2D eigenvalue weighted by Crippen LogP contribution is 2.39. The number of fused-ring (bicyclic) bond motifs is 3. The van der Waals surface area contributed by atoms with E-state index in [1.807, 2.05) is 13.8 Å². The van der Waals surface area contributed by atoms with E-state index < -0.39 is 198 Å². The van der Waals surface area contributed by atoms with E-state index in [4.69, 9.17) is 16.3 Å². The average molecular weight is 1530 g/mol. The van der Waals surface area contributed by atoms with Crippen LogP contribution in [0.4, 0.5) is 26.3 Å². The van der Waals surface area contributed by atoms with Crippen molar-refractivity contribution in [3.63, 3.8) is 0 Å². The van der Waals surface area contributed by atoms with Gasteiger partial charge in [-0.05, 0) is 117 Å². The van der Waals surface area contributed by atoms with Crippen LogP contribution in [0, 0.1) is 17.8 Å².